The molecule has 148 heavy (non-hydrogen) atoms. The average Bonchev–Trinajstić information content (AvgIpc) is 0.711. The third kappa shape index (κ3) is 32.9. The van der Waals surface area contributed by atoms with E-state index < -0.39 is 96.2 Å². The Bertz CT molecular complexity index is 5030. The molecule has 0 radical (unpaired) electrons. The van der Waals surface area contributed by atoms with Gasteiger partial charge < -0.3 is 103 Å². The molecule has 3 aromatic carbocycles. The number of aryl methyl sites for hydroxylation is 1. The lowest BCUT2D eigenvalue weighted by Crippen LogP contribution is -2.68. The number of allylic oxidation sites excluding steroid dienone is 3. The third-order valence-corrected chi connectivity index (χ3v) is 33.2. The molecule has 10 aliphatic carbocycles. The van der Waals surface area contributed by atoms with Crippen LogP contribution in [-0.4, -0.2) is 237 Å². The van der Waals surface area contributed by atoms with E-state index in [2.05, 4.69) is 48.2 Å². The number of hydrogen-bond acceptors (Lipinski definition) is 31. The van der Waals surface area contributed by atoms with Crippen molar-refractivity contribution in [2.24, 2.45) is 62.6 Å². The zero-order valence-electron chi connectivity index (χ0n) is 91.4. The molecule has 1 aromatic heterocycles. The van der Waals surface area contributed by atoms with Crippen molar-refractivity contribution < 1.29 is 151 Å². The fourth-order valence-electron chi connectivity index (χ4n) is 24.6. The van der Waals surface area contributed by atoms with Crippen LogP contribution in [0.1, 0.15) is 317 Å². The lowest BCUT2D eigenvalue weighted by molar-refractivity contribution is -0.249. The summed E-state index contributed by atoms with van der Waals surface area (Å²) in [5.74, 6) is 0.872. The van der Waals surface area contributed by atoms with Crippen molar-refractivity contribution in [3.63, 3.8) is 0 Å². The van der Waals surface area contributed by atoms with Gasteiger partial charge in [0.25, 0.3) is 0 Å². The second kappa shape index (κ2) is 54.9. The van der Waals surface area contributed by atoms with E-state index in [4.69, 9.17) is 30.2 Å². The molecule has 1 heterocycles. The summed E-state index contributed by atoms with van der Waals surface area (Å²) in [7, 11) is 12.2. The first kappa shape index (κ1) is 127. The Labute approximate surface area is 875 Å². The van der Waals surface area contributed by atoms with E-state index in [9.17, 15) is 99.0 Å². The monoisotopic (exact) mass is 2070 g/mol. The zero-order chi connectivity index (χ0) is 111. The van der Waals surface area contributed by atoms with E-state index in [1.165, 1.54) is 69.6 Å². The summed E-state index contributed by atoms with van der Waals surface area (Å²) in [4.78, 5) is 114. The van der Waals surface area contributed by atoms with E-state index in [0.717, 1.165) is 93.7 Å². The number of aliphatic hydroxyl groups is 11. The maximum Gasteiger partial charge on any atom is 0.333 e. The fourth-order valence-corrected chi connectivity index (χ4v) is 24.6. The van der Waals surface area contributed by atoms with E-state index in [1.54, 1.807) is 71.4 Å². The van der Waals surface area contributed by atoms with Crippen LogP contribution in [-0.2, 0) is 103 Å². The van der Waals surface area contributed by atoms with Gasteiger partial charge in [0.15, 0.2) is 5.78 Å². The van der Waals surface area contributed by atoms with Crippen molar-refractivity contribution in [1.29, 1.82) is 0 Å². The van der Waals surface area contributed by atoms with Crippen LogP contribution in [0.2, 0.25) is 0 Å². The number of fused-ring (bicyclic) bond motifs is 6. The van der Waals surface area contributed by atoms with E-state index in [-0.39, 0.29) is 90.7 Å². The topological polar surface area (TPSA) is 489 Å². The normalized spacial score (nSPS) is 31.0. The Balaban J connectivity index is 0.000000260. The molecule has 0 saturated heterocycles. The predicted octanol–water partition coefficient (Wildman–Crippen LogP) is 15.7. The fraction of sp³-hybridized carbons (Fsp3) is 0.658. The number of hydrogen-bond donors (Lipinski definition) is 11. The first-order valence-electron chi connectivity index (χ1n) is 52.0. The summed E-state index contributed by atoms with van der Waals surface area (Å²) in [5.41, 5.74) is -5.68. The summed E-state index contributed by atoms with van der Waals surface area (Å²) < 4.78 is 47.1. The highest BCUT2D eigenvalue weighted by molar-refractivity contribution is 5.91. The van der Waals surface area contributed by atoms with E-state index in [0.29, 0.717) is 150 Å². The molecular formula is C117H172O31. The van der Waals surface area contributed by atoms with Crippen LogP contribution in [0, 0.1) is 74.9 Å². The highest BCUT2D eigenvalue weighted by atomic mass is 16.6. The smallest absolute Gasteiger partial charge is 0.333 e. The molecule has 7 fully saturated rings. The third-order valence-electron chi connectivity index (χ3n) is 33.2. The Kier molecular flexibility index (Phi) is 47.1. The quantitative estimate of drug-likeness (QED) is 0.0127. The molecule has 826 valence electrons. The van der Waals surface area contributed by atoms with Gasteiger partial charge in [-0.3, -0.25) is 43.2 Å². The van der Waals surface area contributed by atoms with Crippen molar-refractivity contribution in [1.82, 2.24) is 0 Å². The number of ketones is 1. The van der Waals surface area contributed by atoms with Crippen LogP contribution in [0.5, 0.6) is 0 Å². The highest BCUT2D eigenvalue weighted by Gasteiger charge is 2.68. The molecule has 11 N–H and O–H groups in total. The molecule has 10 aliphatic rings. The molecule has 0 amide bonds. The molecule has 17 atom stereocenters. The second-order valence-corrected chi connectivity index (χ2v) is 44.7. The Hall–Kier alpha value is -9.82. The molecule has 0 spiro atoms. The molecular weight excluding hydrogens is 1900 g/mol. The number of aliphatic hydroxyl groups excluding tert-OH is 2. The standard InChI is InChI=1S/C22H32O4.C21H32O5.C17H18O3.C16H20O4.C10H16O3.C9H16O3.C9H12O3.C7H14O3.C6H12O3/c1-21-10-7-17-16-6-4-15(23)13-14(16)3-5-18(17)19(21)8-11-22(21,25)12-9-20(24)26-2;1-14-12-16(22)17-19(2,18(23)25-4)8-5-9-20(17,3)21(14,24)10-6-15-7-11-26-13-15;1-20-16(18)12-13-17(19,14-8-4-2-5-9-14)15-10-6-3-7-11-15;1-20-15(18)13(12-8-4-2-5-9-12)14(17)16(19)10-6-3-7-11-16;1-10(12)6-4-3-5-8(7-10)9(11)13-2;2*1-4-9(11)5-8(2,6-9)7(10)12-3;1-4-7(2,9)5-6(8)10-3;1-6(2,8)4-5(7)9-3/h13,16-19,25H,3-12H2,1-2H3;7,11,13-14,16-17,22,24H,5-6,8-10,12H2,1-4H3;2-11,19H,12-13H2,1H3;2-6,8-9,13-14,17,19H,7,10-11H2,1H3;5,12H,3-4,6-7H2,1-2H3;11H,4-6H2,1-3H3;1,11H,5-6H2,2-3H3;9H,4-5H2,1-3H3;8H,4H2,1-3H3/t16?,17?,18?,19?,21-,22+;14-,16-,17?,19+,20+,21-;;;;;;;/m01......./s1. The molecule has 31 heteroatoms. The number of benzene rings is 3. The Morgan fingerprint density at radius 1 is 0.568 bits per heavy atom. The van der Waals surface area contributed by atoms with Gasteiger partial charge in [-0.1, -0.05) is 162 Å². The van der Waals surface area contributed by atoms with Gasteiger partial charge in [0.1, 0.15) is 23.2 Å². The first-order valence-corrected chi connectivity index (χ1v) is 52.0. The van der Waals surface area contributed by atoms with Crippen molar-refractivity contribution in [3.05, 3.63) is 167 Å². The second-order valence-electron chi connectivity index (χ2n) is 44.7. The summed E-state index contributed by atoms with van der Waals surface area (Å²) in [6.07, 6.45) is 35.1. The van der Waals surface area contributed by atoms with Gasteiger partial charge in [-0.2, -0.15) is 0 Å². The number of furan rings is 1. The summed E-state index contributed by atoms with van der Waals surface area (Å²) >= 11 is 0. The van der Waals surface area contributed by atoms with Crippen LogP contribution in [0.3, 0.4) is 0 Å². The van der Waals surface area contributed by atoms with Gasteiger partial charge in [-0.25, -0.2) is 4.79 Å². The van der Waals surface area contributed by atoms with Crippen molar-refractivity contribution in [2.45, 2.75) is 364 Å². The van der Waals surface area contributed by atoms with Crippen LogP contribution < -0.4 is 0 Å². The Morgan fingerprint density at radius 3 is 1.61 bits per heavy atom. The van der Waals surface area contributed by atoms with Gasteiger partial charge in [-0.05, 0) is 272 Å². The zero-order valence-corrected chi connectivity index (χ0v) is 91.4. The van der Waals surface area contributed by atoms with Gasteiger partial charge in [-0.15, -0.1) is 6.42 Å². The van der Waals surface area contributed by atoms with Crippen LogP contribution in [0.15, 0.2) is 149 Å². The number of carbonyl (C=O) groups is 10. The van der Waals surface area contributed by atoms with Gasteiger partial charge in [0.05, 0.1) is 151 Å². The summed E-state index contributed by atoms with van der Waals surface area (Å²) in [6.45, 7) is 22.1. The minimum Gasteiger partial charge on any atom is -0.472 e. The average molecular weight is 2070 g/mol. The Morgan fingerprint density at radius 2 is 1.12 bits per heavy atom. The molecule has 14 rings (SSSR count). The largest absolute Gasteiger partial charge is 0.472 e. The number of terminal acetylenes is 1. The maximum atomic E-state index is 12.6. The van der Waals surface area contributed by atoms with E-state index >= 15 is 0 Å². The lowest BCUT2D eigenvalue weighted by Gasteiger charge is -2.64. The van der Waals surface area contributed by atoms with Gasteiger partial charge in [0.2, 0.25) is 0 Å². The summed E-state index contributed by atoms with van der Waals surface area (Å²) in [5, 5.41) is 114. The van der Waals surface area contributed by atoms with Gasteiger partial charge in [0, 0.05) is 55.4 Å². The van der Waals surface area contributed by atoms with Gasteiger partial charge >= 0.3 is 53.7 Å². The highest BCUT2D eigenvalue weighted by Crippen LogP contribution is 2.67. The van der Waals surface area contributed by atoms with Crippen LogP contribution in [0.25, 0.3) is 0 Å². The van der Waals surface area contributed by atoms with Crippen LogP contribution >= 0.6 is 0 Å². The number of carbonyl (C=O) groups excluding carboxylic acids is 10. The van der Waals surface area contributed by atoms with E-state index in [1.807, 2.05) is 132 Å². The minimum atomic E-state index is -1.29. The molecule has 0 aliphatic heterocycles. The molecule has 7 saturated carbocycles. The maximum absolute atomic E-state index is 12.6. The molecule has 4 aromatic rings. The molecule has 0 bridgehead atoms. The molecule has 10 unspecified atom stereocenters. The van der Waals surface area contributed by atoms with Crippen LogP contribution in [0.4, 0.5) is 0 Å². The predicted molar refractivity (Wildman–Crippen MR) is 555 cm³/mol. The minimum absolute atomic E-state index is 0.0451. The first-order chi connectivity index (χ1) is 69.2. The lowest BCUT2D eigenvalue weighted by atomic mass is 9.43. The number of esters is 9. The number of ether oxygens (including phenoxy) is 9. The summed E-state index contributed by atoms with van der Waals surface area (Å²) in [6, 6.07) is 29.6. The van der Waals surface area contributed by atoms with Crippen molar-refractivity contribution >= 4 is 59.5 Å². The molecule has 31 nitrogen and oxygen atoms in total. The number of rotatable bonds is 25. The van der Waals surface area contributed by atoms with Crippen molar-refractivity contribution in [2.75, 3.05) is 64.0 Å². The number of methoxy groups -OCH3 is 9. The SMILES string of the molecule is C#CC1(O)CC(C)(C(=O)OC)C1.CCC(C)(O)CC(=O)OC.CCC1(O)CC(C)(C(=O)OC)C1.COC(=O)C(c1ccccc1)C(O)C1(O)CC=CCC1.COC(=O)C1=CCCCC(C)(O)C1.COC(=O)CC(C)(C)O.COC(=O)CCC(O)(c1ccccc1)c1ccccc1.COC(=O)CC[C@]1(O)CCC2C3CCC4=CC(=O)CCC4C3CC[C@@]21C.COC(=O)[C@@]1(C)CCC[C@@]2(C)C1[C@H](O)C[C@@H](C)[C@]2(O)CCc1ccoc1. The van der Waals surface area contributed by atoms with Crippen molar-refractivity contribution in [3.8, 4) is 12.3 Å².